The van der Waals surface area contributed by atoms with Crippen molar-refractivity contribution in [3.05, 3.63) is 76.9 Å². The van der Waals surface area contributed by atoms with E-state index >= 15 is 0 Å². The standard InChI is InChI=1S/C19H16N6O2S/c1-13-23-16(10-28-13)9-27-17-5-2-14(3-6-17)19(26)24-15-4-7-18(21-8-15)25-12-20-11-22-25/h2-8,10-12H,9H2,1H3,(H,24,26). The van der Waals surface area contributed by atoms with E-state index in [1.165, 1.54) is 11.0 Å². The molecule has 0 fully saturated rings. The molecule has 3 heterocycles. The van der Waals surface area contributed by atoms with Gasteiger partial charge in [-0.2, -0.15) is 5.10 Å². The van der Waals surface area contributed by atoms with Gasteiger partial charge in [-0.3, -0.25) is 4.79 Å². The van der Waals surface area contributed by atoms with Crippen molar-refractivity contribution in [1.82, 2.24) is 24.7 Å². The van der Waals surface area contributed by atoms with Crippen LogP contribution in [0.3, 0.4) is 0 Å². The molecule has 0 spiro atoms. The third-order valence-corrected chi connectivity index (χ3v) is 4.65. The summed E-state index contributed by atoms with van der Waals surface area (Å²) >= 11 is 1.59. The fourth-order valence-corrected chi connectivity index (χ4v) is 3.06. The zero-order chi connectivity index (χ0) is 19.3. The Morgan fingerprint density at radius 1 is 1.21 bits per heavy atom. The molecule has 0 aliphatic carbocycles. The molecule has 9 heteroatoms. The third-order valence-electron chi connectivity index (χ3n) is 3.83. The number of anilines is 1. The van der Waals surface area contributed by atoms with Crippen molar-refractivity contribution < 1.29 is 9.53 Å². The summed E-state index contributed by atoms with van der Waals surface area (Å²) in [5.41, 5.74) is 2.01. The van der Waals surface area contributed by atoms with Crippen LogP contribution in [0.4, 0.5) is 5.69 Å². The Kier molecular flexibility index (Phi) is 5.07. The number of thiazole rings is 1. The number of carbonyl (C=O) groups is 1. The second-order valence-corrected chi connectivity index (χ2v) is 6.93. The first kappa shape index (κ1) is 17.8. The maximum absolute atomic E-state index is 12.4. The number of ether oxygens (including phenoxy) is 1. The zero-order valence-electron chi connectivity index (χ0n) is 14.9. The number of pyridine rings is 1. The summed E-state index contributed by atoms with van der Waals surface area (Å²) in [5.74, 6) is 1.07. The number of amides is 1. The fourth-order valence-electron chi connectivity index (χ4n) is 2.46. The Labute approximate surface area is 164 Å². The van der Waals surface area contributed by atoms with Crippen LogP contribution in [-0.4, -0.2) is 30.6 Å². The summed E-state index contributed by atoms with van der Waals surface area (Å²) < 4.78 is 7.24. The van der Waals surface area contributed by atoms with Crippen LogP contribution in [0.25, 0.3) is 5.82 Å². The number of hydrogen-bond acceptors (Lipinski definition) is 7. The summed E-state index contributed by atoms with van der Waals surface area (Å²) in [6, 6.07) is 10.5. The predicted octanol–water partition coefficient (Wildman–Crippen LogP) is 3.26. The highest BCUT2D eigenvalue weighted by atomic mass is 32.1. The molecule has 28 heavy (non-hydrogen) atoms. The normalized spacial score (nSPS) is 10.6. The minimum absolute atomic E-state index is 0.225. The Bertz CT molecular complexity index is 1060. The minimum Gasteiger partial charge on any atom is -0.487 e. The number of aryl methyl sites for hydroxylation is 1. The lowest BCUT2D eigenvalue weighted by Gasteiger charge is -2.08. The van der Waals surface area contributed by atoms with Crippen LogP contribution in [0.15, 0.2) is 60.6 Å². The minimum atomic E-state index is -0.225. The molecule has 0 aliphatic rings. The third kappa shape index (κ3) is 4.21. The summed E-state index contributed by atoms with van der Waals surface area (Å²) in [7, 11) is 0. The molecule has 0 radical (unpaired) electrons. The SMILES string of the molecule is Cc1nc(COc2ccc(C(=O)Nc3ccc(-n4cncn4)nc3)cc2)cs1. The van der Waals surface area contributed by atoms with Crippen molar-refractivity contribution in [1.29, 1.82) is 0 Å². The molecule has 1 N–H and O–H groups in total. The molecular weight excluding hydrogens is 376 g/mol. The first-order valence-corrected chi connectivity index (χ1v) is 9.31. The van der Waals surface area contributed by atoms with Crippen molar-refractivity contribution in [3.8, 4) is 11.6 Å². The highest BCUT2D eigenvalue weighted by molar-refractivity contribution is 7.09. The quantitative estimate of drug-likeness (QED) is 0.541. The molecule has 0 saturated heterocycles. The van der Waals surface area contributed by atoms with Gasteiger partial charge in [0.05, 0.1) is 22.6 Å². The number of nitrogens with zero attached hydrogens (tertiary/aromatic N) is 5. The number of nitrogens with one attached hydrogen (secondary N) is 1. The van der Waals surface area contributed by atoms with Gasteiger partial charge in [-0.15, -0.1) is 11.3 Å². The van der Waals surface area contributed by atoms with Gasteiger partial charge >= 0.3 is 0 Å². The number of hydrogen-bond donors (Lipinski definition) is 1. The van der Waals surface area contributed by atoms with E-state index in [1.54, 1.807) is 60.3 Å². The number of carbonyl (C=O) groups excluding carboxylic acids is 1. The van der Waals surface area contributed by atoms with Crippen LogP contribution >= 0.6 is 11.3 Å². The number of benzene rings is 1. The molecule has 1 amide bonds. The van der Waals surface area contributed by atoms with E-state index in [0.29, 0.717) is 29.4 Å². The Morgan fingerprint density at radius 2 is 2.07 bits per heavy atom. The monoisotopic (exact) mass is 392 g/mol. The van der Waals surface area contributed by atoms with Crippen LogP contribution < -0.4 is 10.1 Å². The number of rotatable bonds is 6. The Hall–Kier alpha value is -3.59. The molecule has 4 aromatic rings. The molecule has 4 rings (SSSR count). The lowest BCUT2D eigenvalue weighted by Crippen LogP contribution is -2.12. The predicted molar refractivity (Wildman–Crippen MR) is 105 cm³/mol. The van der Waals surface area contributed by atoms with E-state index in [4.69, 9.17) is 4.74 Å². The topological polar surface area (TPSA) is 94.8 Å². The van der Waals surface area contributed by atoms with E-state index in [-0.39, 0.29) is 5.91 Å². The van der Waals surface area contributed by atoms with Gasteiger partial charge in [0.15, 0.2) is 5.82 Å². The fraction of sp³-hybridized carbons (Fsp3) is 0.105. The van der Waals surface area contributed by atoms with Crippen LogP contribution in [0.2, 0.25) is 0 Å². The molecule has 3 aromatic heterocycles. The Balaban J connectivity index is 1.35. The van der Waals surface area contributed by atoms with Crippen LogP contribution in [-0.2, 0) is 6.61 Å². The Morgan fingerprint density at radius 3 is 2.71 bits per heavy atom. The summed E-state index contributed by atoms with van der Waals surface area (Å²) in [5, 5.41) is 9.80. The van der Waals surface area contributed by atoms with Gasteiger partial charge in [0, 0.05) is 10.9 Å². The van der Waals surface area contributed by atoms with Gasteiger partial charge in [0.25, 0.3) is 5.91 Å². The molecular formula is C19H16N6O2S. The highest BCUT2D eigenvalue weighted by Crippen LogP contribution is 2.17. The van der Waals surface area contributed by atoms with Gasteiger partial charge in [-0.1, -0.05) is 0 Å². The van der Waals surface area contributed by atoms with Crippen molar-refractivity contribution in [2.75, 3.05) is 5.32 Å². The first-order chi connectivity index (χ1) is 13.7. The smallest absolute Gasteiger partial charge is 0.255 e. The van der Waals surface area contributed by atoms with Crippen molar-refractivity contribution in [2.24, 2.45) is 0 Å². The van der Waals surface area contributed by atoms with Gasteiger partial charge in [0.1, 0.15) is 25.0 Å². The lowest BCUT2D eigenvalue weighted by molar-refractivity contribution is 0.102. The lowest BCUT2D eigenvalue weighted by atomic mass is 10.2. The van der Waals surface area contributed by atoms with Gasteiger partial charge in [-0.05, 0) is 43.3 Å². The van der Waals surface area contributed by atoms with Gasteiger partial charge in [-0.25, -0.2) is 19.6 Å². The van der Waals surface area contributed by atoms with Crippen LogP contribution in [0.5, 0.6) is 5.75 Å². The molecule has 140 valence electrons. The molecule has 0 saturated carbocycles. The average Bonchev–Trinajstić information content (AvgIpc) is 3.39. The van der Waals surface area contributed by atoms with Gasteiger partial charge in [0.2, 0.25) is 0 Å². The highest BCUT2D eigenvalue weighted by Gasteiger charge is 2.08. The second-order valence-electron chi connectivity index (χ2n) is 5.87. The van der Waals surface area contributed by atoms with E-state index in [2.05, 4.69) is 25.4 Å². The molecule has 0 unspecified atom stereocenters. The molecule has 0 atom stereocenters. The van der Waals surface area contributed by atoms with Crippen molar-refractivity contribution >= 4 is 22.9 Å². The van der Waals surface area contributed by atoms with Crippen LogP contribution in [0, 0.1) is 6.92 Å². The zero-order valence-corrected chi connectivity index (χ0v) is 15.8. The van der Waals surface area contributed by atoms with E-state index < -0.39 is 0 Å². The maximum atomic E-state index is 12.4. The average molecular weight is 392 g/mol. The van der Waals surface area contributed by atoms with Crippen LogP contribution in [0.1, 0.15) is 21.1 Å². The van der Waals surface area contributed by atoms with E-state index in [0.717, 1.165) is 10.7 Å². The molecule has 0 aliphatic heterocycles. The van der Waals surface area contributed by atoms with Gasteiger partial charge < -0.3 is 10.1 Å². The molecule has 0 bridgehead atoms. The van der Waals surface area contributed by atoms with E-state index in [9.17, 15) is 4.79 Å². The van der Waals surface area contributed by atoms with Crippen molar-refractivity contribution in [3.63, 3.8) is 0 Å². The van der Waals surface area contributed by atoms with Crippen molar-refractivity contribution in [2.45, 2.75) is 13.5 Å². The molecule has 8 nitrogen and oxygen atoms in total. The van der Waals surface area contributed by atoms with E-state index in [1.807, 2.05) is 12.3 Å². The largest absolute Gasteiger partial charge is 0.487 e. The maximum Gasteiger partial charge on any atom is 0.255 e. The number of aromatic nitrogens is 5. The second kappa shape index (κ2) is 7.97. The first-order valence-electron chi connectivity index (χ1n) is 8.44. The summed E-state index contributed by atoms with van der Waals surface area (Å²) in [6.45, 7) is 2.36. The molecule has 1 aromatic carbocycles. The summed E-state index contributed by atoms with van der Waals surface area (Å²) in [4.78, 5) is 24.9. The summed E-state index contributed by atoms with van der Waals surface area (Å²) in [6.07, 6.45) is 4.56.